The molecule has 0 atom stereocenters. The molecule has 61 heavy (non-hydrogen) atoms. The summed E-state index contributed by atoms with van der Waals surface area (Å²) in [5.74, 6) is 0. The van der Waals surface area contributed by atoms with Crippen molar-refractivity contribution >= 4 is 72.6 Å². The number of fused-ring (bicyclic) bond motifs is 5. The van der Waals surface area contributed by atoms with Crippen LogP contribution in [0.2, 0.25) is 0 Å². The Hall–Kier alpha value is -7.94. The highest BCUT2D eigenvalue weighted by Crippen LogP contribution is 2.40. The third kappa shape index (κ3) is 6.84. The summed E-state index contributed by atoms with van der Waals surface area (Å²) in [4.78, 5) is 2.32. The van der Waals surface area contributed by atoms with Crippen molar-refractivity contribution in [2.24, 2.45) is 7.05 Å². The van der Waals surface area contributed by atoms with Gasteiger partial charge in [0.15, 0.2) is 0 Å². The molecule has 0 saturated carbocycles. The molecule has 0 saturated heterocycles. The zero-order chi connectivity index (χ0) is 40.7. The molecule has 11 aromatic rings. The van der Waals surface area contributed by atoms with Crippen molar-refractivity contribution in [2.45, 2.75) is 0 Å². The molecule has 0 amide bonds. The van der Waals surface area contributed by atoms with E-state index in [0.29, 0.717) is 0 Å². The van der Waals surface area contributed by atoms with E-state index in [1.165, 1.54) is 87.9 Å². The first kappa shape index (κ1) is 36.2. The Morgan fingerprint density at radius 3 is 1.46 bits per heavy atom. The average Bonchev–Trinajstić information content (AvgIpc) is 3.61. The summed E-state index contributed by atoms with van der Waals surface area (Å²) >= 11 is 0. The number of aromatic nitrogens is 1. The van der Waals surface area contributed by atoms with Crippen LogP contribution in [-0.2, 0) is 7.05 Å². The fraction of sp³-hybridized carbons (Fsp3) is 0.0169. The number of nitrogens with zero attached hydrogens (tertiary/aromatic N) is 2. The third-order valence-electron chi connectivity index (χ3n) is 12.1. The van der Waals surface area contributed by atoms with Gasteiger partial charge in [-0.2, -0.15) is 0 Å². The second kappa shape index (κ2) is 15.3. The van der Waals surface area contributed by atoms with Crippen LogP contribution in [0.25, 0.3) is 88.9 Å². The summed E-state index contributed by atoms with van der Waals surface area (Å²) in [6.07, 6.45) is 4.46. The molecule has 11 rings (SSSR count). The fourth-order valence-corrected chi connectivity index (χ4v) is 8.97. The predicted molar refractivity (Wildman–Crippen MR) is 262 cm³/mol. The zero-order valence-corrected chi connectivity index (χ0v) is 33.9. The van der Waals surface area contributed by atoms with E-state index in [9.17, 15) is 0 Å². The fourth-order valence-electron chi connectivity index (χ4n) is 8.97. The first-order chi connectivity index (χ1) is 30.1. The summed E-state index contributed by atoms with van der Waals surface area (Å²) in [5, 5.41) is 7.44. The van der Waals surface area contributed by atoms with E-state index >= 15 is 0 Å². The number of rotatable bonds is 8. The molecule has 2 heteroatoms. The second-order valence-corrected chi connectivity index (χ2v) is 15.9. The molecule has 288 valence electrons. The van der Waals surface area contributed by atoms with E-state index in [4.69, 9.17) is 0 Å². The average molecular weight is 779 g/mol. The second-order valence-electron chi connectivity index (χ2n) is 15.9. The van der Waals surface area contributed by atoms with Crippen LogP contribution in [0, 0.1) is 0 Å². The van der Waals surface area contributed by atoms with Crippen molar-refractivity contribution in [1.29, 1.82) is 0 Å². The summed E-state index contributed by atoms with van der Waals surface area (Å²) < 4.78 is 2.33. The summed E-state index contributed by atoms with van der Waals surface area (Å²) in [7, 11) is 2.18. The lowest BCUT2D eigenvalue weighted by atomic mass is 9.90. The maximum absolute atomic E-state index is 2.35. The summed E-state index contributed by atoms with van der Waals surface area (Å²) in [6, 6.07) is 81.4. The first-order valence-electron chi connectivity index (χ1n) is 21.0. The minimum atomic E-state index is 1.13. The molecule has 2 nitrogen and oxygen atoms in total. The molecule has 0 aliphatic heterocycles. The quantitative estimate of drug-likeness (QED) is 0.140. The van der Waals surface area contributed by atoms with E-state index in [1.807, 2.05) is 0 Å². The SMILES string of the molecule is Cn1c2cc(/C=C/c3ccc4cc(-c5cc6ccccc6cc5-c5ccc(-c6ccccc6)cc5)ccc4c3)ccc2c2ccc(N(c3ccccc3)c3ccccc3)cc21. The third-order valence-corrected chi connectivity index (χ3v) is 12.1. The Balaban J connectivity index is 0.895. The molecule has 0 spiro atoms. The zero-order valence-electron chi connectivity index (χ0n) is 33.9. The molecular weight excluding hydrogens is 737 g/mol. The van der Waals surface area contributed by atoms with Crippen LogP contribution in [0.4, 0.5) is 17.1 Å². The van der Waals surface area contributed by atoms with Gasteiger partial charge in [-0.05, 0) is 133 Å². The van der Waals surface area contributed by atoms with Crippen molar-refractivity contribution in [2.75, 3.05) is 4.90 Å². The maximum Gasteiger partial charge on any atom is 0.0509 e. The van der Waals surface area contributed by atoms with E-state index < -0.39 is 0 Å². The number of benzene rings is 10. The van der Waals surface area contributed by atoms with Crippen molar-refractivity contribution in [3.8, 4) is 33.4 Å². The van der Waals surface area contributed by atoms with Crippen LogP contribution in [0.1, 0.15) is 11.1 Å². The van der Waals surface area contributed by atoms with Gasteiger partial charge >= 0.3 is 0 Å². The predicted octanol–water partition coefficient (Wildman–Crippen LogP) is 16.3. The van der Waals surface area contributed by atoms with Gasteiger partial charge in [-0.3, -0.25) is 0 Å². The highest BCUT2D eigenvalue weighted by molar-refractivity contribution is 6.10. The van der Waals surface area contributed by atoms with Crippen molar-refractivity contribution < 1.29 is 0 Å². The van der Waals surface area contributed by atoms with Crippen LogP contribution >= 0.6 is 0 Å². The van der Waals surface area contributed by atoms with Crippen LogP contribution in [0.3, 0.4) is 0 Å². The lowest BCUT2D eigenvalue weighted by molar-refractivity contribution is 1.01. The maximum atomic E-state index is 2.35. The van der Waals surface area contributed by atoms with Crippen molar-refractivity contribution in [3.63, 3.8) is 0 Å². The van der Waals surface area contributed by atoms with Gasteiger partial charge in [-0.15, -0.1) is 0 Å². The van der Waals surface area contributed by atoms with Gasteiger partial charge in [-0.25, -0.2) is 0 Å². The molecule has 0 bridgehead atoms. The summed E-state index contributed by atoms with van der Waals surface area (Å²) in [5.41, 5.74) is 15.5. The Bertz CT molecular complexity index is 3360. The van der Waals surface area contributed by atoms with E-state index in [-0.39, 0.29) is 0 Å². The molecule has 0 unspecified atom stereocenters. The van der Waals surface area contributed by atoms with Gasteiger partial charge in [0.1, 0.15) is 0 Å². The van der Waals surface area contributed by atoms with Crippen LogP contribution in [0.15, 0.2) is 224 Å². The lowest BCUT2D eigenvalue weighted by Gasteiger charge is -2.25. The molecule has 0 aliphatic rings. The molecule has 0 radical (unpaired) electrons. The Labute approximate surface area is 356 Å². The largest absolute Gasteiger partial charge is 0.344 e. The number of hydrogen-bond donors (Lipinski definition) is 0. The number of anilines is 3. The Kier molecular flexibility index (Phi) is 9.09. The van der Waals surface area contributed by atoms with Gasteiger partial charge in [-0.1, -0.05) is 170 Å². The molecule has 1 aromatic heterocycles. The molecule has 0 N–H and O–H groups in total. The topological polar surface area (TPSA) is 8.17 Å². The van der Waals surface area contributed by atoms with E-state index in [2.05, 4.69) is 253 Å². The number of aryl methyl sites for hydroxylation is 1. The standard InChI is InChI=1S/C59H42N2/c1-60-58-36-42(24-33-54(58)55-34-32-53(40-59(55)60)61(51-17-7-3-8-18-51)52-19-9-4-10-20-52)22-21-41-23-25-49-37-50(31-30-48(49)35-41)57-39-47-16-12-11-15-46(47)38-56(57)45-28-26-44(27-29-45)43-13-5-2-6-14-43/h2-40H,1H3/b22-21+. The molecule has 10 aromatic carbocycles. The smallest absolute Gasteiger partial charge is 0.0509 e. The van der Waals surface area contributed by atoms with Crippen LogP contribution in [0.5, 0.6) is 0 Å². The Morgan fingerprint density at radius 1 is 0.328 bits per heavy atom. The number of para-hydroxylation sites is 2. The van der Waals surface area contributed by atoms with Crippen LogP contribution < -0.4 is 4.90 Å². The summed E-state index contributed by atoms with van der Waals surface area (Å²) in [6.45, 7) is 0. The Morgan fingerprint density at radius 2 is 0.787 bits per heavy atom. The van der Waals surface area contributed by atoms with Crippen molar-refractivity contribution in [1.82, 2.24) is 4.57 Å². The monoisotopic (exact) mass is 778 g/mol. The van der Waals surface area contributed by atoms with E-state index in [1.54, 1.807) is 0 Å². The normalized spacial score (nSPS) is 11.6. The molecule has 0 fully saturated rings. The van der Waals surface area contributed by atoms with Crippen molar-refractivity contribution in [3.05, 3.63) is 236 Å². The molecule has 0 aliphatic carbocycles. The lowest BCUT2D eigenvalue weighted by Crippen LogP contribution is -2.09. The first-order valence-corrected chi connectivity index (χ1v) is 21.0. The van der Waals surface area contributed by atoms with Crippen LogP contribution in [-0.4, -0.2) is 4.57 Å². The van der Waals surface area contributed by atoms with E-state index in [0.717, 1.165) is 17.1 Å². The number of hydrogen-bond acceptors (Lipinski definition) is 1. The molecule has 1 heterocycles. The van der Waals surface area contributed by atoms with Gasteiger partial charge in [0.25, 0.3) is 0 Å². The van der Waals surface area contributed by atoms with Gasteiger partial charge in [0, 0.05) is 40.4 Å². The van der Waals surface area contributed by atoms with Gasteiger partial charge in [0.05, 0.1) is 5.52 Å². The van der Waals surface area contributed by atoms with Gasteiger partial charge < -0.3 is 9.47 Å². The highest BCUT2D eigenvalue weighted by Gasteiger charge is 2.16. The minimum Gasteiger partial charge on any atom is -0.344 e. The highest BCUT2D eigenvalue weighted by atomic mass is 15.1. The molecular formula is C59H42N2. The van der Waals surface area contributed by atoms with Gasteiger partial charge in [0.2, 0.25) is 0 Å². The minimum absolute atomic E-state index is 1.13.